The van der Waals surface area contributed by atoms with Gasteiger partial charge in [-0.1, -0.05) is 17.7 Å². The number of hydrogen-bond acceptors (Lipinski definition) is 4. The van der Waals surface area contributed by atoms with E-state index in [0.29, 0.717) is 24.0 Å². The summed E-state index contributed by atoms with van der Waals surface area (Å²) in [6.07, 6.45) is 0.208. The zero-order valence-electron chi connectivity index (χ0n) is 9.65. The molecule has 1 atom stereocenters. The van der Waals surface area contributed by atoms with Crippen LogP contribution in [0.25, 0.3) is 0 Å². The van der Waals surface area contributed by atoms with Gasteiger partial charge in [0, 0.05) is 7.11 Å². The fourth-order valence-corrected chi connectivity index (χ4v) is 1.62. The molecular weight excluding hydrogens is 244 g/mol. The van der Waals surface area contributed by atoms with Crippen molar-refractivity contribution in [1.29, 1.82) is 0 Å². The molecular formula is C12H15ClO4. The summed E-state index contributed by atoms with van der Waals surface area (Å²) < 4.78 is 20.6. The number of ether oxygens (including phenoxy) is 4. The first-order chi connectivity index (χ1) is 8.31. The molecule has 0 saturated carbocycles. The standard InChI is InChI=1S/C12H15ClO4/c1-14-4-5-15-8-17-11-3-2-9(6-10(11)13)12-7-16-12/h2-3,6,12H,4-5,7-8H2,1H3. The molecule has 0 amide bonds. The van der Waals surface area contributed by atoms with Gasteiger partial charge in [-0.3, -0.25) is 0 Å². The zero-order chi connectivity index (χ0) is 12.1. The largest absolute Gasteiger partial charge is 0.466 e. The summed E-state index contributed by atoms with van der Waals surface area (Å²) in [5.41, 5.74) is 1.09. The van der Waals surface area contributed by atoms with Crippen molar-refractivity contribution < 1.29 is 18.9 Å². The molecule has 0 bridgehead atoms. The second-order valence-electron chi connectivity index (χ2n) is 3.68. The monoisotopic (exact) mass is 258 g/mol. The number of epoxide rings is 1. The minimum atomic E-state index is 0.169. The van der Waals surface area contributed by atoms with E-state index in [1.54, 1.807) is 7.11 Å². The summed E-state index contributed by atoms with van der Waals surface area (Å²) in [6.45, 7) is 2.00. The summed E-state index contributed by atoms with van der Waals surface area (Å²) in [5, 5.41) is 0.577. The Morgan fingerprint density at radius 1 is 1.41 bits per heavy atom. The molecule has 2 rings (SSSR count). The normalized spacial score (nSPS) is 18.1. The molecule has 0 spiro atoms. The van der Waals surface area contributed by atoms with Gasteiger partial charge >= 0.3 is 0 Å². The van der Waals surface area contributed by atoms with Crippen molar-refractivity contribution in [3.8, 4) is 5.75 Å². The molecule has 4 nitrogen and oxygen atoms in total. The molecule has 1 aromatic rings. The predicted molar refractivity (Wildman–Crippen MR) is 63.5 cm³/mol. The van der Waals surface area contributed by atoms with Crippen LogP contribution in [-0.2, 0) is 14.2 Å². The number of benzene rings is 1. The van der Waals surface area contributed by atoms with Crippen molar-refractivity contribution in [2.24, 2.45) is 0 Å². The predicted octanol–water partition coefficient (Wildman–Crippen LogP) is 2.41. The second kappa shape index (κ2) is 6.21. The van der Waals surface area contributed by atoms with Gasteiger partial charge in [0.2, 0.25) is 0 Å². The quantitative estimate of drug-likeness (QED) is 0.428. The number of methoxy groups -OCH3 is 1. The van der Waals surface area contributed by atoms with E-state index in [1.165, 1.54) is 0 Å². The van der Waals surface area contributed by atoms with Gasteiger partial charge in [0.05, 0.1) is 24.8 Å². The Bertz CT molecular complexity index is 366. The van der Waals surface area contributed by atoms with Crippen LogP contribution < -0.4 is 4.74 Å². The van der Waals surface area contributed by atoms with Crippen LogP contribution in [0, 0.1) is 0 Å². The molecule has 17 heavy (non-hydrogen) atoms. The summed E-state index contributed by atoms with van der Waals surface area (Å²) in [4.78, 5) is 0. The Morgan fingerprint density at radius 2 is 2.24 bits per heavy atom. The molecule has 5 heteroatoms. The lowest BCUT2D eigenvalue weighted by Crippen LogP contribution is -2.07. The maximum absolute atomic E-state index is 6.08. The Balaban J connectivity index is 1.79. The van der Waals surface area contributed by atoms with Crippen LogP contribution in [0.4, 0.5) is 0 Å². The SMILES string of the molecule is COCCOCOc1ccc(C2CO2)cc1Cl. The maximum Gasteiger partial charge on any atom is 0.189 e. The topological polar surface area (TPSA) is 40.2 Å². The van der Waals surface area contributed by atoms with E-state index in [0.717, 1.165) is 12.2 Å². The second-order valence-corrected chi connectivity index (χ2v) is 4.08. The fraction of sp³-hybridized carbons (Fsp3) is 0.500. The van der Waals surface area contributed by atoms with Crippen LogP contribution in [0.3, 0.4) is 0 Å². The highest BCUT2D eigenvalue weighted by atomic mass is 35.5. The van der Waals surface area contributed by atoms with Gasteiger partial charge in [-0.25, -0.2) is 0 Å². The van der Waals surface area contributed by atoms with Gasteiger partial charge in [0.25, 0.3) is 0 Å². The Morgan fingerprint density at radius 3 is 2.88 bits per heavy atom. The van der Waals surface area contributed by atoms with E-state index in [1.807, 2.05) is 18.2 Å². The van der Waals surface area contributed by atoms with Crippen LogP contribution in [0.5, 0.6) is 5.75 Å². The summed E-state index contributed by atoms with van der Waals surface area (Å²) >= 11 is 6.08. The highest BCUT2D eigenvalue weighted by Gasteiger charge is 2.25. The molecule has 1 fully saturated rings. The lowest BCUT2D eigenvalue weighted by atomic mass is 10.1. The zero-order valence-corrected chi connectivity index (χ0v) is 10.4. The molecule has 1 saturated heterocycles. The molecule has 0 radical (unpaired) electrons. The van der Waals surface area contributed by atoms with Crippen molar-refractivity contribution in [3.05, 3.63) is 28.8 Å². The number of halogens is 1. The Labute approximate surface area is 105 Å². The van der Waals surface area contributed by atoms with Gasteiger partial charge in [-0.05, 0) is 17.7 Å². The number of hydrogen-bond donors (Lipinski definition) is 0. The minimum Gasteiger partial charge on any atom is -0.466 e. The van der Waals surface area contributed by atoms with E-state index in [4.69, 9.17) is 30.5 Å². The Hall–Kier alpha value is -0.810. The average molecular weight is 259 g/mol. The van der Waals surface area contributed by atoms with Crippen molar-refractivity contribution >= 4 is 11.6 Å². The smallest absolute Gasteiger partial charge is 0.189 e. The number of rotatable bonds is 7. The van der Waals surface area contributed by atoms with Gasteiger partial charge in [-0.15, -0.1) is 0 Å². The van der Waals surface area contributed by atoms with E-state index in [9.17, 15) is 0 Å². The third-order valence-corrected chi connectivity index (χ3v) is 2.69. The lowest BCUT2D eigenvalue weighted by molar-refractivity contribution is -0.00843. The molecule has 1 aliphatic rings. The van der Waals surface area contributed by atoms with Crippen LogP contribution in [0.15, 0.2) is 18.2 Å². The van der Waals surface area contributed by atoms with E-state index in [-0.39, 0.29) is 12.9 Å². The third-order valence-electron chi connectivity index (χ3n) is 2.39. The Kier molecular flexibility index (Phi) is 4.62. The van der Waals surface area contributed by atoms with Gasteiger partial charge < -0.3 is 18.9 Å². The van der Waals surface area contributed by atoms with E-state index in [2.05, 4.69) is 0 Å². The summed E-state index contributed by atoms with van der Waals surface area (Å²) in [6, 6.07) is 5.65. The average Bonchev–Trinajstić information content (AvgIpc) is 3.14. The summed E-state index contributed by atoms with van der Waals surface area (Å²) in [5.74, 6) is 0.619. The first-order valence-corrected chi connectivity index (χ1v) is 5.79. The van der Waals surface area contributed by atoms with Crippen LogP contribution >= 0.6 is 11.6 Å². The third kappa shape index (κ3) is 3.85. The van der Waals surface area contributed by atoms with Crippen molar-refractivity contribution in [2.75, 3.05) is 33.7 Å². The van der Waals surface area contributed by atoms with Gasteiger partial charge in [0.15, 0.2) is 6.79 Å². The molecule has 94 valence electrons. The first kappa shape index (κ1) is 12.6. The van der Waals surface area contributed by atoms with Crippen molar-refractivity contribution in [1.82, 2.24) is 0 Å². The van der Waals surface area contributed by atoms with Gasteiger partial charge in [0.1, 0.15) is 11.9 Å². The summed E-state index contributed by atoms with van der Waals surface area (Å²) in [7, 11) is 1.62. The first-order valence-electron chi connectivity index (χ1n) is 5.42. The highest BCUT2D eigenvalue weighted by Crippen LogP contribution is 2.34. The van der Waals surface area contributed by atoms with Crippen molar-refractivity contribution in [2.45, 2.75) is 6.10 Å². The van der Waals surface area contributed by atoms with Crippen molar-refractivity contribution in [3.63, 3.8) is 0 Å². The van der Waals surface area contributed by atoms with E-state index < -0.39 is 0 Å². The maximum atomic E-state index is 6.08. The lowest BCUT2D eigenvalue weighted by Gasteiger charge is -2.09. The molecule has 1 aliphatic heterocycles. The minimum absolute atomic E-state index is 0.169. The molecule has 1 heterocycles. The van der Waals surface area contributed by atoms with Crippen LogP contribution in [0.1, 0.15) is 11.7 Å². The molecule has 0 N–H and O–H groups in total. The molecule has 0 aromatic heterocycles. The van der Waals surface area contributed by atoms with Crippen LogP contribution in [-0.4, -0.2) is 33.7 Å². The molecule has 0 aliphatic carbocycles. The molecule has 1 unspecified atom stereocenters. The van der Waals surface area contributed by atoms with Crippen LogP contribution in [0.2, 0.25) is 5.02 Å². The van der Waals surface area contributed by atoms with E-state index >= 15 is 0 Å². The van der Waals surface area contributed by atoms with Gasteiger partial charge in [-0.2, -0.15) is 0 Å². The highest BCUT2D eigenvalue weighted by molar-refractivity contribution is 6.32. The molecule has 1 aromatic carbocycles. The fourth-order valence-electron chi connectivity index (χ4n) is 1.38.